The van der Waals surface area contributed by atoms with Crippen LogP contribution >= 0.6 is 0 Å². The van der Waals surface area contributed by atoms with Gasteiger partial charge < -0.3 is 19.9 Å². The Kier molecular flexibility index (Phi) is 7.05. The van der Waals surface area contributed by atoms with Crippen LogP contribution in [-0.4, -0.2) is 37.6 Å². The fourth-order valence-electron chi connectivity index (χ4n) is 3.07. The number of hydrogen-bond acceptors (Lipinski definition) is 4. The van der Waals surface area contributed by atoms with Crippen LogP contribution in [0.2, 0.25) is 0 Å². The molecule has 2 rings (SSSR count). The number of amides is 1. The second-order valence-corrected chi connectivity index (χ2v) is 5.87. The standard InChI is InChI=1S/C20H25NO4/c1-4-14-8-10-15(11-9-14)17-13-18(19(23)21-3)25-20(24-5-2)16(17)7-6-12-22/h1,8-11,13,16-17,20,22H,5-7,12H2,2-3H3,(H,21,23)/t16-,17-,20-/m0/s1. The molecule has 3 atom stereocenters. The van der Waals surface area contributed by atoms with Gasteiger partial charge >= 0.3 is 0 Å². The number of carbonyl (C=O) groups is 1. The molecule has 1 aliphatic rings. The number of rotatable bonds is 7. The van der Waals surface area contributed by atoms with Gasteiger partial charge in [-0.1, -0.05) is 18.1 Å². The predicted molar refractivity (Wildman–Crippen MR) is 95.6 cm³/mol. The molecule has 0 spiro atoms. The van der Waals surface area contributed by atoms with E-state index in [0.717, 1.165) is 17.5 Å². The van der Waals surface area contributed by atoms with E-state index in [4.69, 9.17) is 15.9 Å². The van der Waals surface area contributed by atoms with Crippen molar-refractivity contribution in [1.82, 2.24) is 5.32 Å². The third kappa shape index (κ3) is 4.62. The maximum atomic E-state index is 12.1. The van der Waals surface area contributed by atoms with E-state index in [1.807, 2.05) is 37.3 Å². The number of aliphatic hydroxyl groups is 1. The summed E-state index contributed by atoms with van der Waals surface area (Å²) in [5.41, 5.74) is 1.84. The number of benzene rings is 1. The number of allylic oxidation sites excluding steroid dienone is 1. The van der Waals surface area contributed by atoms with Crippen LogP contribution < -0.4 is 5.32 Å². The van der Waals surface area contributed by atoms with E-state index in [1.165, 1.54) is 0 Å². The smallest absolute Gasteiger partial charge is 0.285 e. The molecule has 1 heterocycles. The molecule has 1 aromatic rings. The lowest BCUT2D eigenvalue weighted by atomic mass is 9.80. The third-order valence-corrected chi connectivity index (χ3v) is 4.32. The zero-order chi connectivity index (χ0) is 18.2. The Hall–Kier alpha value is -2.29. The molecule has 0 aliphatic carbocycles. The molecule has 0 unspecified atom stereocenters. The normalized spacial score (nSPS) is 22.5. The Balaban J connectivity index is 2.41. The first kappa shape index (κ1) is 19.0. The summed E-state index contributed by atoms with van der Waals surface area (Å²) >= 11 is 0. The first-order chi connectivity index (χ1) is 12.1. The number of terminal acetylenes is 1. The first-order valence-electron chi connectivity index (χ1n) is 8.54. The molecule has 5 nitrogen and oxygen atoms in total. The maximum Gasteiger partial charge on any atom is 0.285 e. The molecule has 25 heavy (non-hydrogen) atoms. The lowest BCUT2D eigenvalue weighted by molar-refractivity contribution is -0.166. The molecular weight excluding hydrogens is 318 g/mol. The Morgan fingerprint density at radius 3 is 2.68 bits per heavy atom. The topological polar surface area (TPSA) is 67.8 Å². The van der Waals surface area contributed by atoms with E-state index in [1.54, 1.807) is 7.05 Å². The van der Waals surface area contributed by atoms with Gasteiger partial charge in [-0.05, 0) is 43.5 Å². The molecular formula is C20H25NO4. The number of carbonyl (C=O) groups excluding carboxylic acids is 1. The average molecular weight is 343 g/mol. The van der Waals surface area contributed by atoms with Crippen LogP contribution in [0.1, 0.15) is 36.8 Å². The van der Waals surface area contributed by atoms with Gasteiger partial charge in [-0.25, -0.2) is 0 Å². The van der Waals surface area contributed by atoms with Crippen molar-refractivity contribution in [3.63, 3.8) is 0 Å². The molecule has 2 N–H and O–H groups in total. The Morgan fingerprint density at radius 2 is 2.12 bits per heavy atom. The van der Waals surface area contributed by atoms with E-state index >= 15 is 0 Å². The zero-order valence-electron chi connectivity index (χ0n) is 14.7. The summed E-state index contributed by atoms with van der Waals surface area (Å²) < 4.78 is 11.6. The van der Waals surface area contributed by atoms with Crippen molar-refractivity contribution >= 4 is 5.91 Å². The van der Waals surface area contributed by atoms with Crippen LogP contribution in [0.3, 0.4) is 0 Å². The van der Waals surface area contributed by atoms with Gasteiger partial charge in [-0.3, -0.25) is 4.79 Å². The Bertz CT molecular complexity index is 645. The summed E-state index contributed by atoms with van der Waals surface area (Å²) in [7, 11) is 1.57. The van der Waals surface area contributed by atoms with Gasteiger partial charge in [0.2, 0.25) is 6.29 Å². The van der Waals surface area contributed by atoms with Gasteiger partial charge in [-0.15, -0.1) is 6.42 Å². The highest BCUT2D eigenvalue weighted by Crippen LogP contribution is 2.39. The van der Waals surface area contributed by atoms with Crippen molar-refractivity contribution in [1.29, 1.82) is 0 Å². The SMILES string of the molecule is C#Cc1ccc([C@@H]2C=C(C(=O)NC)O[C@H](OCC)[C@H]2CCCO)cc1. The first-order valence-corrected chi connectivity index (χ1v) is 8.54. The van der Waals surface area contributed by atoms with Crippen molar-refractivity contribution in [2.24, 2.45) is 5.92 Å². The lowest BCUT2D eigenvalue weighted by Gasteiger charge is -2.37. The van der Waals surface area contributed by atoms with Gasteiger partial charge in [-0.2, -0.15) is 0 Å². The van der Waals surface area contributed by atoms with E-state index in [-0.39, 0.29) is 30.1 Å². The van der Waals surface area contributed by atoms with E-state index in [2.05, 4.69) is 11.2 Å². The number of aliphatic hydroxyl groups excluding tert-OH is 1. The minimum atomic E-state index is -0.536. The molecule has 0 saturated carbocycles. The lowest BCUT2D eigenvalue weighted by Crippen LogP contribution is -2.38. The van der Waals surface area contributed by atoms with Crippen LogP contribution in [0.15, 0.2) is 36.1 Å². The van der Waals surface area contributed by atoms with Crippen molar-refractivity contribution in [2.45, 2.75) is 32.0 Å². The van der Waals surface area contributed by atoms with E-state index in [0.29, 0.717) is 13.0 Å². The highest BCUT2D eigenvalue weighted by Gasteiger charge is 2.37. The third-order valence-electron chi connectivity index (χ3n) is 4.32. The van der Waals surface area contributed by atoms with Crippen molar-refractivity contribution in [3.8, 4) is 12.3 Å². The monoisotopic (exact) mass is 343 g/mol. The minimum absolute atomic E-state index is 0.00260. The fourth-order valence-corrected chi connectivity index (χ4v) is 3.07. The van der Waals surface area contributed by atoms with Gasteiger partial charge in [0.15, 0.2) is 5.76 Å². The summed E-state index contributed by atoms with van der Waals surface area (Å²) in [6.45, 7) is 2.47. The summed E-state index contributed by atoms with van der Waals surface area (Å²) in [5, 5.41) is 11.8. The Morgan fingerprint density at radius 1 is 1.40 bits per heavy atom. The summed E-state index contributed by atoms with van der Waals surface area (Å²) in [6, 6.07) is 7.71. The molecule has 1 aromatic carbocycles. The molecule has 134 valence electrons. The summed E-state index contributed by atoms with van der Waals surface area (Å²) in [4.78, 5) is 12.1. The molecule has 0 bridgehead atoms. The van der Waals surface area contributed by atoms with Gasteiger partial charge in [0, 0.05) is 37.7 Å². The number of likely N-dealkylation sites (N-methyl/N-ethyl adjacent to an activating group) is 1. The van der Waals surface area contributed by atoms with Gasteiger partial charge in [0.1, 0.15) is 0 Å². The van der Waals surface area contributed by atoms with Crippen LogP contribution in [0, 0.1) is 18.3 Å². The molecule has 0 radical (unpaired) electrons. The summed E-state index contributed by atoms with van der Waals surface area (Å²) in [5.74, 6) is 2.52. The quantitative estimate of drug-likeness (QED) is 0.745. The Labute approximate surface area is 149 Å². The molecule has 0 fully saturated rings. The molecule has 1 amide bonds. The van der Waals surface area contributed by atoms with Crippen molar-refractivity contribution in [2.75, 3.05) is 20.3 Å². The van der Waals surface area contributed by atoms with Crippen LogP contribution in [0.4, 0.5) is 0 Å². The maximum absolute atomic E-state index is 12.1. The van der Waals surface area contributed by atoms with E-state index in [9.17, 15) is 9.90 Å². The predicted octanol–water partition coefficient (Wildman–Crippen LogP) is 2.16. The highest BCUT2D eigenvalue weighted by molar-refractivity contribution is 5.91. The van der Waals surface area contributed by atoms with Crippen LogP contribution in [0.25, 0.3) is 0 Å². The zero-order valence-corrected chi connectivity index (χ0v) is 14.7. The second-order valence-electron chi connectivity index (χ2n) is 5.87. The van der Waals surface area contributed by atoms with Crippen molar-refractivity contribution < 1.29 is 19.4 Å². The minimum Gasteiger partial charge on any atom is -0.459 e. The summed E-state index contributed by atoms with van der Waals surface area (Å²) in [6.07, 6.45) is 8.09. The van der Waals surface area contributed by atoms with Crippen LogP contribution in [0.5, 0.6) is 0 Å². The number of nitrogens with one attached hydrogen (secondary N) is 1. The highest BCUT2D eigenvalue weighted by atomic mass is 16.7. The molecule has 5 heteroatoms. The number of hydrogen-bond donors (Lipinski definition) is 2. The second kappa shape index (κ2) is 9.26. The molecule has 0 saturated heterocycles. The van der Waals surface area contributed by atoms with Gasteiger partial charge in [0.25, 0.3) is 5.91 Å². The molecule has 1 aliphatic heterocycles. The van der Waals surface area contributed by atoms with Crippen molar-refractivity contribution in [3.05, 3.63) is 47.2 Å². The molecule has 0 aromatic heterocycles. The largest absolute Gasteiger partial charge is 0.459 e. The fraction of sp³-hybridized carbons (Fsp3) is 0.450. The van der Waals surface area contributed by atoms with E-state index < -0.39 is 6.29 Å². The van der Waals surface area contributed by atoms with Gasteiger partial charge in [0.05, 0.1) is 0 Å². The van der Waals surface area contributed by atoms with Crippen LogP contribution in [-0.2, 0) is 14.3 Å². The average Bonchev–Trinajstić information content (AvgIpc) is 2.66. The number of ether oxygens (including phenoxy) is 2.